The third kappa shape index (κ3) is 2.02. The Hall–Kier alpha value is -1.55. The molecule has 1 aromatic rings. The number of carboxylic acids is 1. The molecule has 4 nitrogen and oxygen atoms in total. The molecule has 0 amide bonds. The molecule has 3 N–H and O–H groups in total. The Morgan fingerprint density at radius 1 is 1.62 bits per heavy atom. The quantitative estimate of drug-likeness (QED) is 0.797. The minimum Gasteiger partial charge on any atom is -0.493 e. The van der Waals surface area contributed by atoms with Crippen molar-refractivity contribution in [3.05, 3.63) is 29.3 Å². The van der Waals surface area contributed by atoms with Crippen LogP contribution in [0.15, 0.2) is 18.2 Å². The van der Waals surface area contributed by atoms with Crippen LogP contribution in [0.3, 0.4) is 0 Å². The van der Waals surface area contributed by atoms with E-state index in [2.05, 4.69) is 0 Å². The molecule has 0 aromatic heterocycles. The smallest absolute Gasteiger partial charge is 0.323 e. The molecular weight excluding hydrogens is 206 g/mol. The van der Waals surface area contributed by atoms with Crippen LogP contribution in [0.4, 0.5) is 0 Å². The summed E-state index contributed by atoms with van der Waals surface area (Å²) in [5.74, 6) is -0.132. The van der Waals surface area contributed by atoms with Crippen LogP contribution in [0.2, 0.25) is 0 Å². The second kappa shape index (κ2) is 3.79. The molecule has 1 heterocycles. The van der Waals surface area contributed by atoms with Gasteiger partial charge < -0.3 is 15.6 Å². The van der Waals surface area contributed by atoms with Gasteiger partial charge in [0.05, 0.1) is 6.61 Å². The molecule has 1 aliphatic heterocycles. The minimum absolute atomic E-state index is 0.305. The van der Waals surface area contributed by atoms with Gasteiger partial charge in [0.1, 0.15) is 11.3 Å². The van der Waals surface area contributed by atoms with Crippen molar-refractivity contribution >= 4 is 5.97 Å². The summed E-state index contributed by atoms with van der Waals surface area (Å²) in [4.78, 5) is 10.9. The van der Waals surface area contributed by atoms with Crippen LogP contribution >= 0.6 is 0 Å². The van der Waals surface area contributed by atoms with Crippen LogP contribution in [0.25, 0.3) is 0 Å². The monoisotopic (exact) mass is 221 g/mol. The number of benzene rings is 1. The molecule has 0 saturated heterocycles. The van der Waals surface area contributed by atoms with E-state index in [9.17, 15) is 4.79 Å². The molecular formula is C12H15NO3. The van der Waals surface area contributed by atoms with Gasteiger partial charge in [-0.1, -0.05) is 12.1 Å². The van der Waals surface area contributed by atoms with Crippen molar-refractivity contribution in [1.82, 2.24) is 0 Å². The van der Waals surface area contributed by atoms with Gasteiger partial charge in [-0.25, -0.2) is 0 Å². The first-order chi connectivity index (χ1) is 7.49. The van der Waals surface area contributed by atoms with Gasteiger partial charge in [0.25, 0.3) is 0 Å². The molecule has 1 unspecified atom stereocenters. The summed E-state index contributed by atoms with van der Waals surface area (Å²) in [7, 11) is 0. The molecule has 1 aromatic carbocycles. The molecule has 0 bridgehead atoms. The fourth-order valence-electron chi connectivity index (χ4n) is 1.82. The molecule has 0 aliphatic carbocycles. The van der Waals surface area contributed by atoms with E-state index < -0.39 is 11.5 Å². The molecule has 0 spiro atoms. The summed E-state index contributed by atoms with van der Waals surface area (Å²) < 4.78 is 5.43. The van der Waals surface area contributed by atoms with Crippen molar-refractivity contribution in [2.24, 2.45) is 5.73 Å². The van der Waals surface area contributed by atoms with E-state index >= 15 is 0 Å². The Balaban J connectivity index is 2.20. The summed E-state index contributed by atoms with van der Waals surface area (Å²) in [5, 5.41) is 8.94. The average Bonchev–Trinajstić information content (AvgIpc) is 2.63. The van der Waals surface area contributed by atoms with Crippen molar-refractivity contribution in [3.8, 4) is 5.75 Å². The number of nitrogens with two attached hydrogens (primary N) is 1. The van der Waals surface area contributed by atoms with Crippen molar-refractivity contribution in [1.29, 1.82) is 0 Å². The zero-order valence-corrected chi connectivity index (χ0v) is 9.19. The number of hydrogen-bond acceptors (Lipinski definition) is 3. The maximum atomic E-state index is 10.9. The zero-order valence-electron chi connectivity index (χ0n) is 9.19. The number of carboxylic acid groups (broad SMARTS) is 1. The Morgan fingerprint density at radius 3 is 3.06 bits per heavy atom. The second-order valence-electron chi connectivity index (χ2n) is 4.44. The number of carbonyl (C=O) groups is 1. The minimum atomic E-state index is -1.23. The highest BCUT2D eigenvalue weighted by Crippen LogP contribution is 2.27. The van der Waals surface area contributed by atoms with Gasteiger partial charge in [0.15, 0.2) is 0 Å². The summed E-state index contributed by atoms with van der Waals surface area (Å²) in [6.45, 7) is 2.22. The standard InChI is InChI=1S/C12H15NO3/c1-12(13,11(14)15)7-8-2-3-9-4-5-16-10(9)6-8/h2-3,6H,4-5,7,13H2,1H3,(H,14,15). The number of ether oxygens (including phenoxy) is 1. The highest BCUT2D eigenvalue weighted by atomic mass is 16.5. The Kier molecular flexibility index (Phi) is 2.59. The van der Waals surface area contributed by atoms with Crippen LogP contribution in [0.1, 0.15) is 18.1 Å². The molecule has 1 aliphatic rings. The topological polar surface area (TPSA) is 72.5 Å². The summed E-state index contributed by atoms with van der Waals surface area (Å²) in [6, 6.07) is 5.79. The molecule has 0 radical (unpaired) electrons. The van der Waals surface area contributed by atoms with Crippen LogP contribution < -0.4 is 10.5 Å². The lowest BCUT2D eigenvalue weighted by molar-refractivity contribution is -0.142. The first-order valence-corrected chi connectivity index (χ1v) is 5.26. The molecule has 4 heteroatoms. The summed E-state index contributed by atoms with van der Waals surface area (Å²) in [6.07, 6.45) is 1.23. The number of rotatable bonds is 3. The van der Waals surface area contributed by atoms with Crippen LogP contribution in [-0.2, 0) is 17.6 Å². The van der Waals surface area contributed by atoms with E-state index in [-0.39, 0.29) is 0 Å². The number of fused-ring (bicyclic) bond motifs is 1. The van der Waals surface area contributed by atoms with Crippen molar-refractivity contribution in [2.75, 3.05) is 6.61 Å². The second-order valence-corrected chi connectivity index (χ2v) is 4.44. The van der Waals surface area contributed by atoms with Gasteiger partial charge in [-0.05, 0) is 24.1 Å². The van der Waals surface area contributed by atoms with Crippen molar-refractivity contribution in [3.63, 3.8) is 0 Å². The van der Waals surface area contributed by atoms with Gasteiger partial charge in [-0.15, -0.1) is 0 Å². The third-order valence-electron chi connectivity index (χ3n) is 2.82. The van der Waals surface area contributed by atoms with Gasteiger partial charge in [-0.3, -0.25) is 4.79 Å². The largest absolute Gasteiger partial charge is 0.493 e. The van der Waals surface area contributed by atoms with E-state index in [1.54, 1.807) is 0 Å². The van der Waals surface area contributed by atoms with Crippen LogP contribution in [0, 0.1) is 0 Å². The van der Waals surface area contributed by atoms with Crippen LogP contribution in [0.5, 0.6) is 5.75 Å². The fraction of sp³-hybridized carbons (Fsp3) is 0.417. The molecule has 0 saturated carbocycles. The number of hydrogen-bond donors (Lipinski definition) is 2. The molecule has 0 fully saturated rings. The maximum absolute atomic E-state index is 10.9. The molecule has 1 atom stereocenters. The average molecular weight is 221 g/mol. The van der Waals surface area contributed by atoms with Crippen LogP contribution in [-0.4, -0.2) is 23.2 Å². The first kappa shape index (κ1) is 11.0. The van der Waals surface area contributed by atoms with Gasteiger partial charge in [0, 0.05) is 12.8 Å². The highest BCUT2D eigenvalue weighted by Gasteiger charge is 2.28. The van der Waals surface area contributed by atoms with Gasteiger partial charge >= 0.3 is 5.97 Å². The lowest BCUT2D eigenvalue weighted by Crippen LogP contribution is -2.46. The Labute approximate surface area is 94.0 Å². The maximum Gasteiger partial charge on any atom is 0.323 e. The zero-order chi connectivity index (χ0) is 11.8. The van der Waals surface area contributed by atoms with E-state index in [1.165, 1.54) is 12.5 Å². The number of aliphatic carboxylic acids is 1. The van der Waals surface area contributed by atoms with Crippen molar-refractivity contribution in [2.45, 2.75) is 25.3 Å². The summed E-state index contributed by atoms with van der Waals surface area (Å²) in [5.41, 5.74) is 6.54. The van der Waals surface area contributed by atoms with Gasteiger partial charge in [0.2, 0.25) is 0 Å². The fourth-order valence-corrected chi connectivity index (χ4v) is 1.82. The first-order valence-electron chi connectivity index (χ1n) is 5.26. The lowest BCUT2D eigenvalue weighted by atomic mass is 9.93. The predicted molar refractivity (Wildman–Crippen MR) is 59.6 cm³/mol. The van der Waals surface area contributed by atoms with E-state index in [4.69, 9.17) is 15.6 Å². The lowest BCUT2D eigenvalue weighted by Gasteiger charge is -2.19. The van der Waals surface area contributed by atoms with Crippen molar-refractivity contribution < 1.29 is 14.6 Å². The Morgan fingerprint density at radius 2 is 2.38 bits per heavy atom. The van der Waals surface area contributed by atoms with Gasteiger partial charge in [-0.2, -0.15) is 0 Å². The molecule has 2 rings (SSSR count). The highest BCUT2D eigenvalue weighted by molar-refractivity contribution is 5.78. The Bertz CT molecular complexity index is 426. The van der Waals surface area contributed by atoms with E-state index in [0.717, 1.165) is 17.7 Å². The molecule has 16 heavy (non-hydrogen) atoms. The summed E-state index contributed by atoms with van der Waals surface area (Å²) >= 11 is 0. The normalized spacial score (nSPS) is 17.4. The third-order valence-corrected chi connectivity index (χ3v) is 2.82. The van der Waals surface area contributed by atoms with E-state index in [0.29, 0.717) is 13.0 Å². The SMILES string of the molecule is CC(N)(Cc1ccc2c(c1)OCC2)C(=O)O. The van der Waals surface area contributed by atoms with E-state index in [1.807, 2.05) is 18.2 Å². The molecule has 86 valence electrons. The predicted octanol–water partition coefficient (Wildman–Crippen LogP) is 0.966.